The first-order valence-corrected chi connectivity index (χ1v) is 6.73. The predicted molar refractivity (Wildman–Crippen MR) is 77.8 cm³/mol. The van der Waals surface area contributed by atoms with Gasteiger partial charge in [0.2, 0.25) is 5.69 Å². The quantitative estimate of drug-likeness (QED) is 0.636. The third-order valence-corrected chi connectivity index (χ3v) is 3.43. The topological polar surface area (TPSA) is 61.6 Å². The molecule has 1 heterocycles. The van der Waals surface area contributed by atoms with E-state index in [4.69, 9.17) is 4.74 Å². The number of nitrogens with zero attached hydrogens (tertiary/aromatic N) is 1. The molecular formula is C16H10F3NO4. The summed E-state index contributed by atoms with van der Waals surface area (Å²) < 4.78 is 46.2. The van der Waals surface area contributed by atoms with Crippen LogP contribution < -0.4 is 9.47 Å². The highest BCUT2D eigenvalue weighted by Gasteiger charge is 2.37. The third kappa shape index (κ3) is 2.78. The maximum atomic E-state index is 12.4. The Morgan fingerprint density at radius 1 is 1.08 bits per heavy atom. The lowest BCUT2D eigenvalue weighted by atomic mass is 10.0. The molecule has 0 bridgehead atoms. The molecular weight excluding hydrogens is 327 g/mol. The Balaban J connectivity index is 2.05. The molecule has 0 atom stereocenters. The predicted octanol–water partition coefficient (Wildman–Crippen LogP) is 3.42. The first kappa shape index (κ1) is 15.9. The van der Waals surface area contributed by atoms with Gasteiger partial charge in [0.25, 0.3) is 11.5 Å². The van der Waals surface area contributed by atoms with E-state index in [1.807, 2.05) is 0 Å². The number of fused-ring (bicyclic) bond motifs is 1. The van der Waals surface area contributed by atoms with E-state index >= 15 is 0 Å². The van der Waals surface area contributed by atoms with Crippen LogP contribution >= 0.6 is 0 Å². The van der Waals surface area contributed by atoms with Crippen LogP contribution in [0.4, 0.5) is 18.9 Å². The largest absolute Gasteiger partial charge is 0.618 e. The Hall–Kier alpha value is -3.03. The molecule has 8 heteroatoms. The van der Waals surface area contributed by atoms with Gasteiger partial charge in [0.1, 0.15) is 17.1 Å². The van der Waals surface area contributed by atoms with Gasteiger partial charge in [-0.05, 0) is 30.3 Å². The van der Waals surface area contributed by atoms with Crippen molar-refractivity contribution in [1.82, 2.24) is 0 Å². The minimum absolute atomic E-state index is 0.0342. The third-order valence-electron chi connectivity index (χ3n) is 3.43. The minimum atomic E-state index is -4.86. The van der Waals surface area contributed by atoms with Crippen molar-refractivity contribution >= 4 is 17.2 Å². The average Bonchev–Trinajstić information content (AvgIpc) is 2.77. The number of benzene rings is 2. The van der Waals surface area contributed by atoms with Crippen LogP contribution in [0.15, 0.2) is 42.5 Å². The van der Waals surface area contributed by atoms with Gasteiger partial charge in [0, 0.05) is 0 Å². The minimum Gasteiger partial charge on any atom is -0.618 e. The maximum absolute atomic E-state index is 12.4. The molecule has 1 aliphatic rings. The van der Waals surface area contributed by atoms with Crippen molar-refractivity contribution in [1.29, 1.82) is 0 Å². The van der Waals surface area contributed by atoms with Crippen molar-refractivity contribution in [2.45, 2.75) is 6.36 Å². The van der Waals surface area contributed by atoms with Gasteiger partial charge in [-0.1, -0.05) is 6.07 Å². The molecule has 0 spiro atoms. The Kier molecular flexibility index (Phi) is 3.67. The second-order valence-electron chi connectivity index (χ2n) is 4.93. The highest BCUT2D eigenvalue weighted by Crippen LogP contribution is 2.32. The SMILES string of the molecule is COc1ccc2c(c1)[N+]([O-])=C(c1cccc(OC(F)(F)F)c1)C2=O. The highest BCUT2D eigenvalue weighted by atomic mass is 19.4. The lowest BCUT2D eigenvalue weighted by molar-refractivity contribution is -0.355. The van der Waals surface area contributed by atoms with Crippen LogP contribution in [0.1, 0.15) is 15.9 Å². The monoisotopic (exact) mass is 337 g/mol. The van der Waals surface area contributed by atoms with E-state index in [2.05, 4.69) is 4.74 Å². The molecule has 24 heavy (non-hydrogen) atoms. The Morgan fingerprint density at radius 3 is 2.50 bits per heavy atom. The maximum Gasteiger partial charge on any atom is 0.573 e. The molecule has 0 N–H and O–H groups in total. The zero-order valence-corrected chi connectivity index (χ0v) is 12.3. The zero-order chi connectivity index (χ0) is 17.5. The lowest BCUT2D eigenvalue weighted by Crippen LogP contribution is -2.19. The summed E-state index contributed by atoms with van der Waals surface area (Å²) in [5, 5.41) is 12.4. The van der Waals surface area contributed by atoms with Crippen LogP contribution in [-0.2, 0) is 0 Å². The summed E-state index contributed by atoms with van der Waals surface area (Å²) in [6.07, 6.45) is -4.86. The second kappa shape index (κ2) is 5.55. The first-order chi connectivity index (χ1) is 11.3. The van der Waals surface area contributed by atoms with Gasteiger partial charge in [-0.25, -0.2) is 0 Å². The molecule has 0 amide bonds. The van der Waals surface area contributed by atoms with Crippen LogP contribution in [0, 0.1) is 5.21 Å². The van der Waals surface area contributed by atoms with E-state index in [9.17, 15) is 23.2 Å². The summed E-state index contributed by atoms with van der Waals surface area (Å²) in [4.78, 5) is 12.4. The van der Waals surface area contributed by atoms with Crippen molar-refractivity contribution in [2.24, 2.45) is 0 Å². The van der Waals surface area contributed by atoms with Gasteiger partial charge in [-0.15, -0.1) is 13.2 Å². The fraction of sp³-hybridized carbons (Fsp3) is 0.125. The number of Topliss-reactive ketones (excluding diaryl/α,β-unsaturated/α-hetero) is 1. The molecule has 2 aromatic rings. The number of alkyl halides is 3. The Labute approximate surface area is 134 Å². The number of carbonyl (C=O) groups excluding carboxylic acids is 1. The van der Waals surface area contributed by atoms with Crippen LogP contribution in [-0.4, -0.2) is 29.7 Å². The van der Waals surface area contributed by atoms with Crippen molar-refractivity contribution in [3.63, 3.8) is 0 Å². The molecule has 0 aromatic heterocycles. The van der Waals surface area contributed by atoms with E-state index in [1.54, 1.807) is 0 Å². The Morgan fingerprint density at radius 2 is 1.83 bits per heavy atom. The molecule has 0 saturated heterocycles. The Bertz CT molecular complexity index is 859. The summed E-state index contributed by atoms with van der Waals surface area (Å²) >= 11 is 0. The molecule has 3 rings (SSSR count). The smallest absolute Gasteiger partial charge is 0.573 e. The summed E-state index contributed by atoms with van der Waals surface area (Å²) in [6.45, 7) is 0. The van der Waals surface area contributed by atoms with E-state index in [1.165, 1.54) is 37.4 Å². The molecule has 0 aliphatic carbocycles. The van der Waals surface area contributed by atoms with E-state index in [0.717, 1.165) is 12.1 Å². The highest BCUT2D eigenvalue weighted by molar-refractivity contribution is 6.52. The fourth-order valence-electron chi connectivity index (χ4n) is 2.43. The van der Waals surface area contributed by atoms with Crippen LogP contribution in [0.2, 0.25) is 0 Å². The van der Waals surface area contributed by atoms with Crippen molar-refractivity contribution in [3.8, 4) is 11.5 Å². The molecule has 0 unspecified atom stereocenters. The molecule has 0 fully saturated rings. The molecule has 0 saturated carbocycles. The number of rotatable bonds is 3. The van der Waals surface area contributed by atoms with Crippen molar-refractivity contribution in [3.05, 3.63) is 58.8 Å². The van der Waals surface area contributed by atoms with Gasteiger partial charge in [0.15, 0.2) is 0 Å². The summed E-state index contributed by atoms with van der Waals surface area (Å²) in [6, 6.07) is 9.07. The number of ketones is 1. The van der Waals surface area contributed by atoms with Crippen molar-refractivity contribution in [2.75, 3.05) is 7.11 Å². The fourth-order valence-corrected chi connectivity index (χ4v) is 2.43. The molecule has 1 aliphatic heterocycles. The summed E-state index contributed by atoms with van der Waals surface area (Å²) in [5.41, 5.74) is -0.00256. The van der Waals surface area contributed by atoms with Gasteiger partial charge >= 0.3 is 6.36 Å². The first-order valence-electron chi connectivity index (χ1n) is 6.73. The van der Waals surface area contributed by atoms with Crippen molar-refractivity contribution < 1.29 is 32.2 Å². The molecule has 0 radical (unpaired) electrons. The second-order valence-corrected chi connectivity index (χ2v) is 4.93. The lowest BCUT2D eigenvalue weighted by Gasteiger charge is -2.09. The average molecular weight is 337 g/mol. The van der Waals surface area contributed by atoms with Gasteiger partial charge in [0.05, 0.1) is 18.7 Å². The van der Waals surface area contributed by atoms with Gasteiger partial charge in [-0.3, -0.25) is 4.79 Å². The normalized spacial score (nSPS) is 13.9. The van der Waals surface area contributed by atoms with Crippen LogP contribution in [0.5, 0.6) is 11.5 Å². The van der Waals surface area contributed by atoms with Gasteiger partial charge < -0.3 is 14.7 Å². The van der Waals surface area contributed by atoms with E-state index in [-0.39, 0.29) is 22.5 Å². The number of carbonyl (C=O) groups is 1. The molecule has 124 valence electrons. The number of hydrogen-bond donors (Lipinski definition) is 0. The summed E-state index contributed by atoms with van der Waals surface area (Å²) in [5.74, 6) is -0.702. The zero-order valence-electron chi connectivity index (χ0n) is 12.3. The number of halogens is 3. The standard InChI is InChI=1S/C16H10F3NO4/c1-23-10-5-6-12-13(8-10)20(22)14(15(12)21)9-3-2-4-11(7-9)24-16(17,18)19/h2-8H,1H3. The van der Waals surface area contributed by atoms with Gasteiger partial charge in [-0.2, -0.15) is 4.74 Å². The number of ether oxygens (including phenoxy) is 2. The summed E-state index contributed by atoms with van der Waals surface area (Å²) in [7, 11) is 1.41. The van der Waals surface area contributed by atoms with Crippen LogP contribution in [0.3, 0.4) is 0 Å². The number of methoxy groups -OCH3 is 1. The molecule has 5 nitrogen and oxygen atoms in total. The van der Waals surface area contributed by atoms with E-state index < -0.39 is 17.9 Å². The number of hydrogen-bond acceptors (Lipinski definition) is 4. The molecule has 2 aromatic carbocycles. The van der Waals surface area contributed by atoms with Crippen LogP contribution in [0.25, 0.3) is 0 Å². The van der Waals surface area contributed by atoms with E-state index in [0.29, 0.717) is 10.5 Å².